The van der Waals surface area contributed by atoms with Crippen LogP contribution < -0.4 is 10.1 Å². The summed E-state index contributed by atoms with van der Waals surface area (Å²) in [5, 5.41) is 3.48. The number of hydrogen-bond donors (Lipinski definition) is 1. The summed E-state index contributed by atoms with van der Waals surface area (Å²) in [5.41, 5.74) is 5.06. The predicted molar refractivity (Wildman–Crippen MR) is 152 cm³/mol. The summed E-state index contributed by atoms with van der Waals surface area (Å²) >= 11 is 0. The molecule has 2 aromatic heterocycles. The van der Waals surface area contributed by atoms with E-state index in [0.29, 0.717) is 19.2 Å². The Morgan fingerprint density at radius 3 is 2.50 bits per heavy atom. The van der Waals surface area contributed by atoms with Crippen molar-refractivity contribution < 1.29 is 9.47 Å². The highest BCUT2D eigenvalue weighted by molar-refractivity contribution is 5.83. The van der Waals surface area contributed by atoms with E-state index in [1.54, 1.807) is 0 Å². The molecule has 38 heavy (non-hydrogen) atoms. The van der Waals surface area contributed by atoms with E-state index >= 15 is 0 Å². The van der Waals surface area contributed by atoms with Gasteiger partial charge in [-0.25, -0.2) is 4.98 Å². The fourth-order valence-corrected chi connectivity index (χ4v) is 4.38. The number of aromatic nitrogens is 4. The van der Waals surface area contributed by atoms with Gasteiger partial charge in [0.15, 0.2) is 17.0 Å². The van der Waals surface area contributed by atoms with Gasteiger partial charge >= 0.3 is 6.01 Å². The highest BCUT2D eigenvalue weighted by Gasteiger charge is 2.16. The van der Waals surface area contributed by atoms with Crippen molar-refractivity contribution in [2.45, 2.75) is 26.3 Å². The van der Waals surface area contributed by atoms with Gasteiger partial charge in [-0.15, -0.1) is 0 Å². The Morgan fingerprint density at radius 2 is 1.74 bits per heavy atom. The first-order valence-corrected chi connectivity index (χ1v) is 13.5. The molecule has 1 aliphatic heterocycles. The number of benzene rings is 2. The average Bonchev–Trinajstić information content (AvgIpc) is 3.36. The molecule has 2 aromatic carbocycles. The molecule has 0 amide bonds. The van der Waals surface area contributed by atoms with Gasteiger partial charge in [0.05, 0.1) is 32.7 Å². The number of morpholine rings is 1. The number of nitrogens with one attached hydrogen (secondary N) is 1. The van der Waals surface area contributed by atoms with Crippen molar-refractivity contribution in [3.8, 4) is 6.01 Å². The molecule has 0 atom stereocenters. The summed E-state index contributed by atoms with van der Waals surface area (Å²) in [7, 11) is 0. The van der Waals surface area contributed by atoms with Gasteiger partial charge in [0.25, 0.3) is 0 Å². The van der Waals surface area contributed by atoms with Crippen molar-refractivity contribution in [3.05, 3.63) is 77.6 Å². The quantitative estimate of drug-likeness (QED) is 0.212. The van der Waals surface area contributed by atoms with Crippen molar-refractivity contribution in [1.29, 1.82) is 0 Å². The van der Waals surface area contributed by atoms with Crippen LogP contribution in [0, 0.1) is 0 Å². The lowest BCUT2D eigenvalue weighted by molar-refractivity contribution is 0.0398. The zero-order valence-electron chi connectivity index (χ0n) is 22.1. The Bertz CT molecular complexity index is 1310. The van der Waals surface area contributed by atoms with Crippen molar-refractivity contribution >= 4 is 29.1 Å². The summed E-state index contributed by atoms with van der Waals surface area (Å²) < 4.78 is 13.4. The van der Waals surface area contributed by atoms with Gasteiger partial charge in [-0.05, 0) is 23.1 Å². The third-order valence-electron chi connectivity index (χ3n) is 6.60. The van der Waals surface area contributed by atoms with Gasteiger partial charge in [-0.1, -0.05) is 80.1 Å². The van der Waals surface area contributed by atoms with Crippen LogP contribution in [0.2, 0.25) is 0 Å². The van der Waals surface area contributed by atoms with Crippen LogP contribution in [0.1, 0.15) is 36.5 Å². The minimum absolute atomic E-state index is 0.392. The fraction of sp³-hybridized carbons (Fsp3) is 0.367. The first-order chi connectivity index (χ1) is 18.8. The SMILES string of the molecule is CCCCOc1nc(NCCN2CCOCC2)c2ncn(Cc3ccc(/C=C/c4ccccc4)cc3)c2n1. The third kappa shape index (κ3) is 6.96. The second-order valence-corrected chi connectivity index (χ2v) is 9.47. The zero-order valence-corrected chi connectivity index (χ0v) is 22.1. The standard InChI is InChI=1S/C30H36N6O2/c1-2-3-19-38-30-33-28(31-15-16-35-17-20-37-21-18-35)27-29(34-30)36(23-32-27)22-26-13-11-25(12-14-26)10-9-24-7-5-4-6-8-24/h4-14,23H,2-3,15-22H2,1H3,(H,31,33,34)/b10-9+. The number of anilines is 1. The summed E-state index contributed by atoms with van der Waals surface area (Å²) in [6.07, 6.45) is 8.12. The Kier molecular flexibility index (Phi) is 8.97. The molecule has 0 saturated carbocycles. The van der Waals surface area contributed by atoms with Crippen LogP contribution >= 0.6 is 0 Å². The molecule has 0 spiro atoms. The molecule has 0 bridgehead atoms. The minimum atomic E-state index is 0.392. The summed E-state index contributed by atoms with van der Waals surface area (Å²) in [6.45, 7) is 8.61. The van der Waals surface area contributed by atoms with Crippen LogP contribution in [0.25, 0.3) is 23.3 Å². The molecule has 0 unspecified atom stereocenters. The molecule has 5 rings (SSSR count). The van der Waals surface area contributed by atoms with E-state index in [1.807, 2.05) is 24.5 Å². The Labute approximate surface area is 224 Å². The van der Waals surface area contributed by atoms with E-state index in [2.05, 4.69) is 80.2 Å². The fourth-order valence-electron chi connectivity index (χ4n) is 4.38. The molecule has 8 heteroatoms. The molecule has 1 fully saturated rings. The smallest absolute Gasteiger partial charge is 0.320 e. The van der Waals surface area contributed by atoms with Crippen molar-refractivity contribution in [1.82, 2.24) is 24.4 Å². The summed E-state index contributed by atoms with van der Waals surface area (Å²) in [4.78, 5) is 16.5. The van der Waals surface area contributed by atoms with Gasteiger partial charge in [-0.2, -0.15) is 9.97 Å². The van der Waals surface area contributed by atoms with Gasteiger partial charge < -0.3 is 19.4 Å². The molecule has 198 valence electrons. The first-order valence-electron chi connectivity index (χ1n) is 13.5. The Morgan fingerprint density at radius 1 is 0.974 bits per heavy atom. The van der Waals surface area contributed by atoms with Crippen LogP contribution in [0.4, 0.5) is 5.82 Å². The van der Waals surface area contributed by atoms with Gasteiger partial charge in [0, 0.05) is 26.2 Å². The third-order valence-corrected chi connectivity index (χ3v) is 6.60. The maximum absolute atomic E-state index is 5.91. The van der Waals surface area contributed by atoms with Gasteiger partial charge in [-0.3, -0.25) is 4.90 Å². The maximum Gasteiger partial charge on any atom is 0.320 e. The second-order valence-electron chi connectivity index (χ2n) is 9.47. The largest absolute Gasteiger partial charge is 0.463 e. The molecule has 0 radical (unpaired) electrons. The molecule has 1 N–H and O–H groups in total. The monoisotopic (exact) mass is 512 g/mol. The van der Waals surface area contributed by atoms with Crippen molar-refractivity contribution in [3.63, 3.8) is 0 Å². The van der Waals surface area contributed by atoms with Gasteiger partial charge in [0.1, 0.15) is 0 Å². The van der Waals surface area contributed by atoms with Crippen LogP contribution in [0.3, 0.4) is 0 Å². The number of fused-ring (bicyclic) bond motifs is 1. The highest BCUT2D eigenvalue weighted by Crippen LogP contribution is 2.23. The topological polar surface area (TPSA) is 77.3 Å². The highest BCUT2D eigenvalue weighted by atomic mass is 16.5. The van der Waals surface area contributed by atoms with Gasteiger partial charge in [0.2, 0.25) is 0 Å². The normalized spacial score (nSPS) is 14.3. The van der Waals surface area contributed by atoms with Crippen LogP contribution in [-0.4, -0.2) is 70.4 Å². The first kappa shape index (κ1) is 25.9. The van der Waals surface area contributed by atoms with E-state index < -0.39 is 0 Å². The average molecular weight is 513 g/mol. The lowest BCUT2D eigenvalue weighted by Gasteiger charge is -2.26. The van der Waals surface area contributed by atoms with E-state index in [0.717, 1.165) is 74.8 Å². The molecule has 4 aromatic rings. The van der Waals surface area contributed by atoms with E-state index in [-0.39, 0.29) is 0 Å². The maximum atomic E-state index is 5.91. The molecular formula is C30H36N6O2. The number of imidazole rings is 1. The number of ether oxygens (including phenoxy) is 2. The van der Waals surface area contributed by atoms with Crippen molar-refractivity contribution in [2.24, 2.45) is 0 Å². The molecule has 1 saturated heterocycles. The summed E-state index contributed by atoms with van der Waals surface area (Å²) in [5.74, 6) is 0.718. The lowest BCUT2D eigenvalue weighted by Crippen LogP contribution is -2.39. The zero-order chi connectivity index (χ0) is 26.0. The Hall–Kier alpha value is -3.75. The molecule has 1 aliphatic rings. The molecule has 3 heterocycles. The van der Waals surface area contributed by atoms with Crippen LogP contribution in [-0.2, 0) is 11.3 Å². The predicted octanol–water partition coefficient (Wildman–Crippen LogP) is 4.97. The van der Waals surface area contributed by atoms with E-state index in [1.165, 1.54) is 11.1 Å². The number of unbranched alkanes of at least 4 members (excludes halogenated alkanes) is 1. The van der Waals surface area contributed by atoms with E-state index in [4.69, 9.17) is 14.5 Å². The minimum Gasteiger partial charge on any atom is -0.463 e. The lowest BCUT2D eigenvalue weighted by atomic mass is 10.1. The van der Waals surface area contributed by atoms with Crippen LogP contribution in [0.15, 0.2) is 60.9 Å². The molecular weight excluding hydrogens is 476 g/mol. The van der Waals surface area contributed by atoms with E-state index in [9.17, 15) is 0 Å². The number of nitrogens with zero attached hydrogens (tertiary/aromatic N) is 5. The number of rotatable bonds is 12. The second kappa shape index (κ2) is 13.2. The molecule has 0 aliphatic carbocycles. The Balaban J connectivity index is 1.30. The number of hydrogen-bond acceptors (Lipinski definition) is 7. The van der Waals surface area contributed by atoms with Crippen molar-refractivity contribution in [2.75, 3.05) is 51.3 Å². The van der Waals surface area contributed by atoms with Crippen LogP contribution in [0.5, 0.6) is 6.01 Å². The summed E-state index contributed by atoms with van der Waals surface area (Å²) in [6, 6.07) is 19.3. The molecule has 8 nitrogen and oxygen atoms in total.